The molecule has 1 N–H and O–H groups in total. The van der Waals surface area contributed by atoms with Gasteiger partial charge >= 0.3 is 5.97 Å². The molecule has 1 fully saturated rings. The van der Waals surface area contributed by atoms with Gasteiger partial charge in [-0.1, -0.05) is 42.5 Å². The summed E-state index contributed by atoms with van der Waals surface area (Å²) in [5.41, 5.74) is 2.87. The minimum atomic E-state index is -0.836. The highest BCUT2D eigenvalue weighted by molar-refractivity contribution is 6.06. The Morgan fingerprint density at radius 3 is 2.67 bits per heavy atom. The number of aliphatic carboxylic acids is 1. The Morgan fingerprint density at radius 2 is 1.85 bits per heavy atom. The van der Waals surface area contributed by atoms with Crippen molar-refractivity contribution in [3.05, 3.63) is 54.6 Å². The largest absolute Gasteiger partial charge is 0.480 e. The monoisotopic (exact) mass is 359 g/mol. The molecule has 2 aromatic heterocycles. The van der Waals surface area contributed by atoms with Crippen LogP contribution in [0.3, 0.4) is 0 Å². The van der Waals surface area contributed by atoms with Crippen molar-refractivity contribution in [3.8, 4) is 11.4 Å². The number of rotatable bonds is 3. The van der Waals surface area contributed by atoms with Crippen molar-refractivity contribution in [2.75, 3.05) is 11.4 Å². The summed E-state index contributed by atoms with van der Waals surface area (Å²) in [6.45, 7) is 0.633. The van der Waals surface area contributed by atoms with Gasteiger partial charge in [-0.3, -0.25) is 0 Å². The van der Waals surface area contributed by atoms with Crippen LogP contribution in [-0.4, -0.2) is 33.6 Å². The predicted molar refractivity (Wildman–Crippen MR) is 103 cm³/mol. The molecule has 0 saturated carbocycles. The van der Waals surface area contributed by atoms with Crippen LogP contribution < -0.4 is 4.90 Å². The van der Waals surface area contributed by atoms with Crippen LogP contribution in [0.5, 0.6) is 0 Å². The standard InChI is InChI=1S/C21H17N3O3/c25-21(26)15-10-6-12-24(15)20-18-17(14-9-4-5-11-16(14)27-18)22-19(23-20)13-7-2-1-3-8-13/h1-5,7-9,11,15H,6,10,12H2,(H,25,26)/t15-/m1/s1. The first-order valence-electron chi connectivity index (χ1n) is 8.96. The van der Waals surface area contributed by atoms with Crippen LogP contribution in [0.15, 0.2) is 59.0 Å². The molecule has 1 saturated heterocycles. The number of hydrogen-bond donors (Lipinski definition) is 1. The van der Waals surface area contributed by atoms with Gasteiger partial charge in [-0.2, -0.15) is 0 Å². The van der Waals surface area contributed by atoms with Crippen molar-refractivity contribution >= 4 is 33.9 Å². The molecule has 0 spiro atoms. The van der Waals surface area contributed by atoms with Crippen molar-refractivity contribution in [1.82, 2.24) is 9.97 Å². The molecule has 6 heteroatoms. The molecule has 1 atom stereocenters. The minimum absolute atomic E-state index is 0.545. The first-order chi connectivity index (χ1) is 13.2. The molecule has 134 valence electrons. The molecule has 5 rings (SSSR count). The Bertz CT molecular complexity index is 1150. The highest BCUT2D eigenvalue weighted by Crippen LogP contribution is 2.37. The number of furan rings is 1. The highest BCUT2D eigenvalue weighted by Gasteiger charge is 2.34. The SMILES string of the molecule is O=C(O)[C@H]1CCCN1c1nc(-c2ccccc2)nc2c1oc1ccccc12. The number of carboxylic acid groups (broad SMARTS) is 1. The van der Waals surface area contributed by atoms with Gasteiger partial charge in [-0.15, -0.1) is 0 Å². The molecule has 0 bridgehead atoms. The third kappa shape index (κ3) is 2.52. The quantitative estimate of drug-likeness (QED) is 0.593. The number of fused-ring (bicyclic) bond motifs is 3. The molecular weight excluding hydrogens is 342 g/mol. The second kappa shape index (κ2) is 6.09. The summed E-state index contributed by atoms with van der Waals surface area (Å²) in [5.74, 6) is 0.289. The Morgan fingerprint density at radius 1 is 1.07 bits per heavy atom. The first kappa shape index (κ1) is 15.8. The fraction of sp³-hybridized carbons (Fsp3) is 0.190. The molecule has 0 radical (unpaired) electrons. The molecule has 0 aliphatic carbocycles. The average molecular weight is 359 g/mol. The van der Waals surface area contributed by atoms with E-state index in [1.165, 1.54) is 0 Å². The average Bonchev–Trinajstić information content (AvgIpc) is 3.33. The number of aromatic nitrogens is 2. The Kier molecular flexibility index (Phi) is 3.57. The van der Waals surface area contributed by atoms with Crippen LogP contribution in [0.1, 0.15) is 12.8 Å². The smallest absolute Gasteiger partial charge is 0.326 e. The summed E-state index contributed by atoms with van der Waals surface area (Å²) in [6, 6.07) is 16.8. The summed E-state index contributed by atoms with van der Waals surface area (Å²) in [4.78, 5) is 23.1. The molecule has 6 nitrogen and oxygen atoms in total. The van der Waals surface area contributed by atoms with Gasteiger partial charge in [0.15, 0.2) is 17.2 Å². The second-order valence-electron chi connectivity index (χ2n) is 6.70. The maximum Gasteiger partial charge on any atom is 0.326 e. The lowest BCUT2D eigenvalue weighted by Gasteiger charge is -2.22. The number of hydrogen-bond acceptors (Lipinski definition) is 5. The molecule has 0 amide bonds. The summed E-state index contributed by atoms with van der Waals surface area (Å²) in [5, 5.41) is 10.5. The lowest BCUT2D eigenvalue weighted by Crippen LogP contribution is -2.36. The predicted octanol–water partition coefficient (Wildman–Crippen LogP) is 4.10. The summed E-state index contributed by atoms with van der Waals surface area (Å²) in [7, 11) is 0. The van der Waals surface area contributed by atoms with Gasteiger partial charge in [0.1, 0.15) is 17.1 Å². The van der Waals surface area contributed by atoms with E-state index >= 15 is 0 Å². The van der Waals surface area contributed by atoms with E-state index in [1.54, 1.807) is 0 Å². The van der Waals surface area contributed by atoms with E-state index in [-0.39, 0.29) is 0 Å². The van der Waals surface area contributed by atoms with Crippen molar-refractivity contribution < 1.29 is 14.3 Å². The topological polar surface area (TPSA) is 79.5 Å². The number of carboxylic acids is 1. The van der Waals surface area contributed by atoms with Crippen LogP contribution >= 0.6 is 0 Å². The maximum atomic E-state index is 11.7. The molecule has 2 aromatic carbocycles. The molecule has 0 unspecified atom stereocenters. The van der Waals surface area contributed by atoms with Crippen molar-refractivity contribution in [2.24, 2.45) is 0 Å². The van der Waals surface area contributed by atoms with Gasteiger partial charge in [0.25, 0.3) is 0 Å². The number of anilines is 1. The molecule has 27 heavy (non-hydrogen) atoms. The fourth-order valence-electron chi connectivity index (χ4n) is 3.76. The summed E-state index contributed by atoms with van der Waals surface area (Å²) in [6.07, 6.45) is 1.41. The van der Waals surface area contributed by atoms with E-state index in [0.29, 0.717) is 35.7 Å². The van der Waals surface area contributed by atoms with E-state index < -0.39 is 12.0 Å². The third-order valence-corrected chi connectivity index (χ3v) is 5.04. The van der Waals surface area contributed by atoms with Gasteiger partial charge in [0.2, 0.25) is 0 Å². The van der Waals surface area contributed by atoms with Crippen LogP contribution in [-0.2, 0) is 4.79 Å². The number of nitrogens with zero attached hydrogens (tertiary/aromatic N) is 3. The Balaban J connectivity index is 1.81. The minimum Gasteiger partial charge on any atom is -0.480 e. The molecule has 1 aliphatic heterocycles. The number of para-hydroxylation sites is 1. The van der Waals surface area contributed by atoms with Gasteiger partial charge in [-0.05, 0) is 25.0 Å². The number of carbonyl (C=O) groups is 1. The third-order valence-electron chi connectivity index (χ3n) is 5.04. The van der Waals surface area contributed by atoms with Crippen LogP contribution in [0, 0.1) is 0 Å². The Labute approximate surface area is 155 Å². The lowest BCUT2D eigenvalue weighted by atomic mass is 10.2. The van der Waals surface area contributed by atoms with Gasteiger partial charge < -0.3 is 14.4 Å². The van der Waals surface area contributed by atoms with Crippen LogP contribution in [0.25, 0.3) is 33.5 Å². The molecule has 1 aliphatic rings. The second-order valence-corrected chi connectivity index (χ2v) is 6.70. The zero-order chi connectivity index (χ0) is 18.4. The van der Waals surface area contributed by atoms with E-state index in [9.17, 15) is 9.90 Å². The molecule has 3 heterocycles. The molecule has 4 aromatic rings. The normalized spacial score (nSPS) is 17.0. The first-order valence-corrected chi connectivity index (χ1v) is 8.96. The van der Waals surface area contributed by atoms with Gasteiger partial charge in [0, 0.05) is 17.5 Å². The maximum absolute atomic E-state index is 11.7. The highest BCUT2D eigenvalue weighted by atomic mass is 16.4. The lowest BCUT2D eigenvalue weighted by molar-refractivity contribution is -0.138. The number of benzene rings is 2. The van der Waals surface area contributed by atoms with Crippen LogP contribution in [0.4, 0.5) is 5.82 Å². The zero-order valence-electron chi connectivity index (χ0n) is 14.5. The Hall–Kier alpha value is -3.41. The van der Waals surface area contributed by atoms with Crippen LogP contribution in [0.2, 0.25) is 0 Å². The van der Waals surface area contributed by atoms with E-state index in [0.717, 1.165) is 23.0 Å². The summed E-state index contributed by atoms with van der Waals surface area (Å²) < 4.78 is 6.06. The van der Waals surface area contributed by atoms with E-state index in [1.807, 2.05) is 59.5 Å². The van der Waals surface area contributed by atoms with Crippen molar-refractivity contribution in [3.63, 3.8) is 0 Å². The molecular formula is C21H17N3O3. The fourth-order valence-corrected chi connectivity index (χ4v) is 3.76. The van der Waals surface area contributed by atoms with Crippen molar-refractivity contribution in [1.29, 1.82) is 0 Å². The van der Waals surface area contributed by atoms with E-state index in [2.05, 4.69) is 0 Å². The van der Waals surface area contributed by atoms with Gasteiger partial charge in [-0.25, -0.2) is 14.8 Å². The zero-order valence-corrected chi connectivity index (χ0v) is 14.5. The summed E-state index contributed by atoms with van der Waals surface area (Å²) >= 11 is 0. The van der Waals surface area contributed by atoms with E-state index in [4.69, 9.17) is 14.4 Å². The van der Waals surface area contributed by atoms with Gasteiger partial charge in [0.05, 0.1) is 0 Å². The van der Waals surface area contributed by atoms with Crippen molar-refractivity contribution in [2.45, 2.75) is 18.9 Å².